The number of hydrogen-bond acceptors (Lipinski definition) is 4. The minimum absolute atomic E-state index is 0.197. The predicted octanol–water partition coefficient (Wildman–Crippen LogP) is 3.45. The third-order valence-corrected chi connectivity index (χ3v) is 4.88. The van der Waals surface area contributed by atoms with Gasteiger partial charge in [0, 0.05) is 19.0 Å². The highest BCUT2D eigenvalue weighted by Crippen LogP contribution is 2.30. The number of amides is 1. The van der Waals surface area contributed by atoms with Crippen LogP contribution in [0.4, 0.5) is 0 Å². The summed E-state index contributed by atoms with van der Waals surface area (Å²) in [7, 11) is 4.92. The van der Waals surface area contributed by atoms with Crippen LogP contribution in [0.5, 0.6) is 17.2 Å². The zero-order chi connectivity index (χ0) is 18.5. The van der Waals surface area contributed by atoms with Gasteiger partial charge in [-0.15, -0.1) is 0 Å². The average molecular weight is 355 g/mol. The van der Waals surface area contributed by atoms with Crippen LogP contribution in [-0.2, 0) is 17.8 Å². The second-order valence-electron chi connectivity index (χ2n) is 6.46. The molecule has 5 heteroatoms. The Bertz CT molecular complexity index is 757. The molecule has 0 radical (unpaired) electrons. The van der Waals surface area contributed by atoms with Gasteiger partial charge in [0.25, 0.3) is 0 Å². The molecule has 1 heterocycles. The molecule has 1 atom stereocenters. The lowest BCUT2D eigenvalue weighted by molar-refractivity contribution is -0.129. The number of likely N-dealkylation sites (tertiary alicyclic amines) is 1. The van der Waals surface area contributed by atoms with Crippen LogP contribution in [0.2, 0.25) is 0 Å². The number of carbonyl (C=O) groups is 1. The largest absolute Gasteiger partial charge is 0.497 e. The second-order valence-corrected chi connectivity index (χ2v) is 6.46. The number of carbonyl (C=O) groups excluding carboxylic acids is 1. The molecular weight excluding hydrogens is 330 g/mol. The molecule has 1 aliphatic rings. The summed E-state index contributed by atoms with van der Waals surface area (Å²) in [4.78, 5) is 14.4. The van der Waals surface area contributed by atoms with E-state index in [1.807, 2.05) is 47.4 Å². The van der Waals surface area contributed by atoms with E-state index in [-0.39, 0.29) is 11.9 Å². The fraction of sp³-hybridized carbons (Fsp3) is 0.381. The molecule has 1 aliphatic heterocycles. The van der Waals surface area contributed by atoms with Gasteiger partial charge in [0.15, 0.2) is 11.5 Å². The lowest BCUT2D eigenvalue weighted by Crippen LogP contribution is -2.33. The van der Waals surface area contributed by atoms with Gasteiger partial charge in [-0.2, -0.15) is 0 Å². The monoisotopic (exact) mass is 355 g/mol. The molecule has 0 saturated carbocycles. The Labute approximate surface area is 154 Å². The van der Waals surface area contributed by atoms with Gasteiger partial charge in [-0.05, 0) is 48.2 Å². The first-order valence-corrected chi connectivity index (χ1v) is 8.78. The van der Waals surface area contributed by atoms with Crippen molar-refractivity contribution in [3.63, 3.8) is 0 Å². The summed E-state index contributed by atoms with van der Waals surface area (Å²) in [5.74, 6) is 2.47. The van der Waals surface area contributed by atoms with Gasteiger partial charge in [0.1, 0.15) is 5.75 Å². The minimum Gasteiger partial charge on any atom is -0.497 e. The molecule has 26 heavy (non-hydrogen) atoms. The molecule has 138 valence electrons. The lowest BCUT2D eigenvalue weighted by Gasteiger charge is -2.25. The highest BCUT2D eigenvalue weighted by molar-refractivity contribution is 5.78. The highest BCUT2D eigenvalue weighted by atomic mass is 16.5. The van der Waals surface area contributed by atoms with Gasteiger partial charge in [-0.3, -0.25) is 4.79 Å². The van der Waals surface area contributed by atoms with Crippen LogP contribution in [0.1, 0.15) is 24.0 Å². The third kappa shape index (κ3) is 3.93. The van der Waals surface area contributed by atoms with Crippen LogP contribution in [0.15, 0.2) is 42.5 Å². The maximum Gasteiger partial charge on any atom is 0.223 e. The van der Waals surface area contributed by atoms with E-state index in [0.717, 1.165) is 35.5 Å². The van der Waals surface area contributed by atoms with E-state index in [1.165, 1.54) is 0 Å². The average Bonchev–Trinajstić information content (AvgIpc) is 3.02. The summed E-state index contributed by atoms with van der Waals surface area (Å²) >= 11 is 0. The fourth-order valence-corrected chi connectivity index (χ4v) is 3.43. The molecule has 3 rings (SSSR count). The van der Waals surface area contributed by atoms with Crippen molar-refractivity contribution in [3.05, 3.63) is 53.6 Å². The Morgan fingerprint density at radius 3 is 2.27 bits per heavy atom. The van der Waals surface area contributed by atoms with Crippen LogP contribution < -0.4 is 14.2 Å². The van der Waals surface area contributed by atoms with Crippen LogP contribution in [0.3, 0.4) is 0 Å². The van der Waals surface area contributed by atoms with E-state index >= 15 is 0 Å². The van der Waals surface area contributed by atoms with E-state index in [1.54, 1.807) is 21.3 Å². The summed E-state index contributed by atoms with van der Waals surface area (Å²) in [6, 6.07) is 14.0. The van der Waals surface area contributed by atoms with Crippen molar-refractivity contribution >= 4 is 5.91 Å². The molecule has 0 bridgehead atoms. The quantitative estimate of drug-likeness (QED) is 0.763. The third-order valence-electron chi connectivity index (χ3n) is 4.88. The number of hydrogen-bond donors (Lipinski definition) is 0. The maximum absolute atomic E-state index is 12.4. The highest BCUT2D eigenvalue weighted by Gasteiger charge is 2.31. The Hall–Kier alpha value is -2.69. The van der Waals surface area contributed by atoms with Crippen LogP contribution in [0.25, 0.3) is 0 Å². The molecule has 2 aromatic rings. The molecule has 0 aliphatic carbocycles. The molecule has 2 aromatic carbocycles. The standard InChI is InChI=1S/C21H25NO4/c1-24-18-8-4-15(5-9-18)14-22-17(7-11-21(22)23)12-16-6-10-19(25-2)20(13-16)26-3/h4-6,8-10,13,17H,7,11-12,14H2,1-3H3. The molecule has 0 N–H and O–H groups in total. The normalized spacial score (nSPS) is 16.7. The van der Waals surface area contributed by atoms with E-state index in [4.69, 9.17) is 14.2 Å². The smallest absolute Gasteiger partial charge is 0.223 e. The Morgan fingerprint density at radius 2 is 1.62 bits per heavy atom. The summed E-state index contributed by atoms with van der Waals surface area (Å²) in [6.45, 7) is 0.626. The molecular formula is C21H25NO4. The van der Waals surface area contributed by atoms with Crippen molar-refractivity contribution in [2.24, 2.45) is 0 Å². The second kappa shape index (κ2) is 8.13. The first-order chi connectivity index (χ1) is 12.6. The minimum atomic E-state index is 0.197. The molecule has 1 amide bonds. The molecule has 1 saturated heterocycles. The lowest BCUT2D eigenvalue weighted by atomic mass is 10.0. The van der Waals surface area contributed by atoms with Crippen molar-refractivity contribution in [1.82, 2.24) is 4.90 Å². The number of nitrogens with zero attached hydrogens (tertiary/aromatic N) is 1. The summed E-state index contributed by atoms with van der Waals surface area (Å²) in [6.07, 6.45) is 2.29. The van der Waals surface area contributed by atoms with Crippen molar-refractivity contribution in [3.8, 4) is 17.2 Å². The summed E-state index contributed by atoms with van der Waals surface area (Å²) < 4.78 is 15.9. The van der Waals surface area contributed by atoms with E-state index in [2.05, 4.69) is 0 Å². The Morgan fingerprint density at radius 1 is 0.923 bits per heavy atom. The maximum atomic E-state index is 12.4. The van der Waals surface area contributed by atoms with Crippen molar-refractivity contribution in [2.75, 3.05) is 21.3 Å². The van der Waals surface area contributed by atoms with E-state index in [0.29, 0.717) is 18.7 Å². The number of ether oxygens (including phenoxy) is 3. The zero-order valence-corrected chi connectivity index (χ0v) is 15.5. The van der Waals surface area contributed by atoms with E-state index in [9.17, 15) is 4.79 Å². The topological polar surface area (TPSA) is 48.0 Å². The summed E-state index contributed by atoms with van der Waals surface area (Å²) in [5, 5.41) is 0. The van der Waals surface area contributed by atoms with Crippen LogP contribution in [-0.4, -0.2) is 38.2 Å². The number of methoxy groups -OCH3 is 3. The first kappa shape index (κ1) is 18.1. The van der Waals surface area contributed by atoms with Gasteiger partial charge in [-0.25, -0.2) is 0 Å². The molecule has 0 spiro atoms. The van der Waals surface area contributed by atoms with Crippen molar-refractivity contribution in [1.29, 1.82) is 0 Å². The molecule has 5 nitrogen and oxygen atoms in total. The summed E-state index contributed by atoms with van der Waals surface area (Å²) in [5.41, 5.74) is 2.25. The zero-order valence-electron chi connectivity index (χ0n) is 15.5. The van der Waals surface area contributed by atoms with E-state index < -0.39 is 0 Å². The number of benzene rings is 2. The SMILES string of the molecule is COc1ccc(CN2C(=O)CCC2Cc2ccc(OC)c(OC)c2)cc1. The predicted molar refractivity (Wildman–Crippen MR) is 99.8 cm³/mol. The molecule has 1 fully saturated rings. The van der Waals surface area contributed by atoms with Crippen LogP contribution >= 0.6 is 0 Å². The Balaban J connectivity index is 1.73. The van der Waals surface area contributed by atoms with Gasteiger partial charge >= 0.3 is 0 Å². The first-order valence-electron chi connectivity index (χ1n) is 8.78. The molecule has 1 unspecified atom stereocenters. The van der Waals surface area contributed by atoms with Crippen molar-refractivity contribution < 1.29 is 19.0 Å². The molecule has 0 aromatic heterocycles. The fourth-order valence-electron chi connectivity index (χ4n) is 3.43. The van der Waals surface area contributed by atoms with Gasteiger partial charge in [0.2, 0.25) is 5.91 Å². The van der Waals surface area contributed by atoms with Gasteiger partial charge in [0.05, 0.1) is 21.3 Å². The van der Waals surface area contributed by atoms with Crippen molar-refractivity contribution in [2.45, 2.75) is 31.8 Å². The van der Waals surface area contributed by atoms with Gasteiger partial charge in [-0.1, -0.05) is 18.2 Å². The Kier molecular flexibility index (Phi) is 5.66. The van der Waals surface area contributed by atoms with Crippen LogP contribution in [0, 0.1) is 0 Å². The van der Waals surface area contributed by atoms with Gasteiger partial charge < -0.3 is 19.1 Å². The number of rotatable bonds is 7.